The molecule has 0 aliphatic heterocycles. The molecule has 1 N–H and O–H groups in total. The Balaban J connectivity index is 2.11. The van der Waals surface area contributed by atoms with Crippen molar-refractivity contribution in [2.75, 3.05) is 5.32 Å². The summed E-state index contributed by atoms with van der Waals surface area (Å²) in [6.45, 7) is 1.52. The molecule has 0 aromatic heterocycles. The Morgan fingerprint density at radius 1 is 1.33 bits per heavy atom. The van der Waals surface area contributed by atoms with Gasteiger partial charge in [0.15, 0.2) is 12.4 Å². The molecule has 0 aliphatic carbocycles. The lowest BCUT2D eigenvalue weighted by Crippen LogP contribution is -2.30. The molecule has 1 atom stereocenters. The topological polar surface area (TPSA) is 98.5 Å². The number of hydrogen-bond acceptors (Lipinski definition) is 5. The van der Waals surface area contributed by atoms with Crippen molar-refractivity contribution in [1.29, 1.82) is 0 Å². The fourth-order valence-corrected chi connectivity index (χ4v) is 2.30. The van der Waals surface area contributed by atoms with E-state index in [1.54, 1.807) is 18.2 Å². The van der Waals surface area contributed by atoms with Crippen LogP contribution in [-0.2, 0) is 4.79 Å². The summed E-state index contributed by atoms with van der Waals surface area (Å²) in [7, 11) is 0. The molecule has 2 aromatic carbocycles. The summed E-state index contributed by atoms with van der Waals surface area (Å²) in [6, 6.07) is 10.6. The maximum absolute atomic E-state index is 12.2. The first kappa shape index (κ1) is 17.6. The van der Waals surface area contributed by atoms with Crippen molar-refractivity contribution in [2.45, 2.75) is 13.0 Å². The molecular formula is C16H13BrN2O5. The van der Waals surface area contributed by atoms with E-state index in [1.807, 2.05) is 6.07 Å². The van der Waals surface area contributed by atoms with E-state index in [1.165, 1.54) is 19.1 Å². The molecule has 2 rings (SSSR count). The molecule has 24 heavy (non-hydrogen) atoms. The highest BCUT2D eigenvalue weighted by Gasteiger charge is 2.18. The van der Waals surface area contributed by atoms with Crippen LogP contribution in [0.25, 0.3) is 0 Å². The van der Waals surface area contributed by atoms with E-state index in [2.05, 4.69) is 21.2 Å². The van der Waals surface area contributed by atoms with Crippen molar-refractivity contribution in [3.8, 4) is 5.75 Å². The van der Waals surface area contributed by atoms with Crippen LogP contribution in [0.2, 0.25) is 0 Å². The third-order valence-corrected chi connectivity index (χ3v) is 3.59. The van der Waals surface area contributed by atoms with Gasteiger partial charge in [-0.3, -0.25) is 19.7 Å². The van der Waals surface area contributed by atoms with Gasteiger partial charge in [0.05, 0.1) is 10.5 Å². The van der Waals surface area contributed by atoms with Gasteiger partial charge in [-0.05, 0) is 31.2 Å². The number of non-ortho nitro benzene ring substituents is 1. The van der Waals surface area contributed by atoms with E-state index < -0.39 is 16.9 Å². The van der Waals surface area contributed by atoms with E-state index in [0.717, 1.165) is 10.5 Å². The first-order valence-corrected chi connectivity index (χ1v) is 7.66. The summed E-state index contributed by atoms with van der Waals surface area (Å²) < 4.78 is 6.27. The number of halogens is 1. The molecule has 8 heteroatoms. The summed E-state index contributed by atoms with van der Waals surface area (Å²) in [4.78, 5) is 33.3. The zero-order valence-electron chi connectivity index (χ0n) is 12.6. The highest BCUT2D eigenvalue weighted by atomic mass is 79.9. The zero-order valence-corrected chi connectivity index (χ0v) is 14.1. The maximum Gasteiger partial charge on any atom is 0.270 e. The van der Waals surface area contributed by atoms with Gasteiger partial charge in [-0.2, -0.15) is 0 Å². The van der Waals surface area contributed by atoms with Crippen molar-refractivity contribution < 1.29 is 19.2 Å². The number of anilines is 1. The third kappa shape index (κ3) is 4.39. The summed E-state index contributed by atoms with van der Waals surface area (Å²) in [6.07, 6.45) is -0.453. The van der Waals surface area contributed by atoms with Crippen molar-refractivity contribution in [3.63, 3.8) is 0 Å². The molecule has 0 saturated heterocycles. The molecule has 7 nitrogen and oxygen atoms in total. The Morgan fingerprint density at radius 2 is 2.08 bits per heavy atom. The predicted molar refractivity (Wildman–Crippen MR) is 91.3 cm³/mol. The number of nitrogens with one attached hydrogen (secondary N) is 1. The van der Waals surface area contributed by atoms with Crippen LogP contribution in [0.4, 0.5) is 11.4 Å². The minimum Gasteiger partial charge on any atom is -0.480 e. The molecule has 2 aromatic rings. The zero-order chi connectivity index (χ0) is 17.7. The summed E-state index contributed by atoms with van der Waals surface area (Å²) in [5.41, 5.74) is 0.367. The Bertz CT molecular complexity index is 794. The Kier molecular flexibility index (Phi) is 5.64. The lowest BCUT2D eigenvalue weighted by Gasteiger charge is -2.16. The number of benzene rings is 2. The molecule has 0 radical (unpaired) electrons. The van der Waals surface area contributed by atoms with Gasteiger partial charge in [0.2, 0.25) is 0 Å². The average molecular weight is 393 g/mol. The first-order chi connectivity index (χ1) is 11.4. The molecule has 1 amide bonds. The number of ether oxygens (including phenoxy) is 1. The number of carbonyl (C=O) groups is 2. The van der Waals surface area contributed by atoms with E-state index in [4.69, 9.17) is 4.74 Å². The van der Waals surface area contributed by atoms with Crippen LogP contribution in [0.3, 0.4) is 0 Å². The van der Waals surface area contributed by atoms with Crippen molar-refractivity contribution in [3.05, 3.63) is 62.6 Å². The predicted octanol–water partition coefficient (Wildman–Crippen LogP) is 3.58. The van der Waals surface area contributed by atoms with Crippen LogP contribution in [0.1, 0.15) is 17.3 Å². The Labute approximate surface area is 145 Å². The number of hydrogen-bond donors (Lipinski definition) is 1. The molecule has 124 valence electrons. The van der Waals surface area contributed by atoms with Gasteiger partial charge >= 0.3 is 0 Å². The van der Waals surface area contributed by atoms with Crippen LogP contribution in [-0.4, -0.2) is 23.2 Å². The van der Waals surface area contributed by atoms with Crippen LogP contribution in [0.15, 0.2) is 46.9 Å². The second-order valence-corrected chi connectivity index (χ2v) is 5.77. The van der Waals surface area contributed by atoms with E-state index in [-0.39, 0.29) is 17.0 Å². The Hall–Kier alpha value is -2.74. The highest BCUT2D eigenvalue weighted by molar-refractivity contribution is 9.10. The summed E-state index contributed by atoms with van der Waals surface area (Å²) in [5.74, 6) is -0.309. The smallest absolute Gasteiger partial charge is 0.270 e. The van der Waals surface area contributed by atoms with Gasteiger partial charge in [-0.1, -0.05) is 22.0 Å². The normalized spacial score (nSPS) is 11.4. The van der Waals surface area contributed by atoms with Gasteiger partial charge in [-0.15, -0.1) is 0 Å². The molecule has 0 saturated carbocycles. The maximum atomic E-state index is 12.2. The summed E-state index contributed by atoms with van der Waals surface area (Å²) >= 11 is 3.30. The fourth-order valence-electron chi connectivity index (χ4n) is 1.90. The quantitative estimate of drug-likeness (QED) is 0.460. The van der Waals surface area contributed by atoms with E-state index in [0.29, 0.717) is 12.0 Å². The molecule has 0 spiro atoms. The second kappa shape index (κ2) is 7.69. The molecular weight excluding hydrogens is 380 g/mol. The summed E-state index contributed by atoms with van der Waals surface area (Å²) in [5, 5.41) is 13.4. The molecule has 0 aliphatic rings. The number of nitro groups is 1. The minimum absolute atomic E-state index is 0.00584. The Morgan fingerprint density at radius 3 is 2.71 bits per heavy atom. The monoisotopic (exact) mass is 392 g/mol. The van der Waals surface area contributed by atoms with Crippen molar-refractivity contribution >= 4 is 39.5 Å². The molecule has 0 bridgehead atoms. The average Bonchev–Trinajstić information content (AvgIpc) is 2.54. The van der Waals surface area contributed by atoms with Gasteiger partial charge in [-0.25, -0.2) is 0 Å². The van der Waals surface area contributed by atoms with Crippen molar-refractivity contribution in [2.24, 2.45) is 0 Å². The van der Waals surface area contributed by atoms with Gasteiger partial charge in [0.1, 0.15) is 5.75 Å². The number of nitrogens with zero attached hydrogens (tertiary/aromatic N) is 1. The molecule has 0 heterocycles. The number of rotatable bonds is 6. The lowest BCUT2D eigenvalue weighted by molar-refractivity contribution is -0.384. The highest BCUT2D eigenvalue weighted by Crippen LogP contribution is 2.24. The van der Waals surface area contributed by atoms with Crippen LogP contribution in [0.5, 0.6) is 5.75 Å². The van der Waals surface area contributed by atoms with Gasteiger partial charge < -0.3 is 10.1 Å². The van der Waals surface area contributed by atoms with Crippen LogP contribution >= 0.6 is 15.9 Å². The van der Waals surface area contributed by atoms with Gasteiger partial charge in [0, 0.05) is 22.3 Å². The SMILES string of the molecule is C[C@@H](Oc1ccc([N+](=O)[O-])cc1C=O)C(=O)Nc1cccc(Br)c1. The van der Waals surface area contributed by atoms with E-state index >= 15 is 0 Å². The third-order valence-electron chi connectivity index (χ3n) is 3.10. The minimum atomic E-state index is -0.899. The fraction of sp³-hybridized carbons (Fsp3) is 0.125. The second-order valence-electron chi connectivity index (χ2n) is 4.86. The largest absolute Gasteiger partial charge is 0.480 e. The van der Waals surface area contributed by atoms with Crippen LogP contribution < -0.4 is 10.1 Å². The number of carbonyl (C=O) groups excluding carboxylic acids is 2. The van der Waals surface area contributed by atoms with Crippen LogP contribution in [0, 0.1) is 10.1 Å². The number of nitro benzene ring substituents is 1. The lowest BCUT2D eigenvalue weighted by atomic mass is 10.2. The van der Waals surface area contributed by atoms with Crippen molar-refractivity contribution in [1.82, 2.24) is 0 Å². The van der Waals surface area contributed by atoms with Gasteiger partial charge in [0.25, 0.3) is 11.6 Å². The molecule has 0 fully saturated rings. The van der Waals surface area contributed by atoms with E-state index in [9.17, 15) is 19.7 Å². The molecule has 0 unspecified atom stereocenters. The standard InChI is InChI=1S/C16H13BrN2O5/c1-10(16(21)18-13-4-2-3-12(17)8-13)24-15-6-5-14(19(22)23)7-11(15)9-20/h2-10H,1H3,(H,18,21)/t10-/m1/s1. The number of aldehydes is 1. The number of amides is 1. The first-order valence-electron chi connectivity index (χ1n) is 6.87.